The van der Waals surface area contributed by atoms with E-state index in [1.54, 1.807) is 24.3 Å². The van der Waals surface area contributed by atoms with Crippen LogP contribution in [0.4, 0.5) is 4.39 Å². The second kappa shape index (κ2) is 9.03. The van der Waals surface area contributed by atoms with Crippen molar-refractivity contribution in [2.75, 3.05) is 19.7 Å². The Bertz CT molecular complexity index is 1010. The van der Waals surface area contributed by atoms with Crippen LogP contribution in [-0.2, 0) is 19.1 Å². The van der Waals surface area contributed by atoms with Crippen LogP contribution >= 0.6 is 0 Å². The third-order valence-electron chi connectivity index (χ3n) is 5.28. The molecule has 9 nitrogen and oxygen atoms in total. The van der Waals surface area contributed by atoms with Gasteiger partial charge in [0, 0.05) is 12.0 Å². The van der Waals surface area contributed by atoms with Gasteiger partial charge in [-0.1, -0.05) is 0 Å². The molecule has 2 fully saturated rings. The first-order chi connectivity index (χ1) is 15.3. The van der Waals surface area contributed by atoms with E-state index in [1.807, 2.05) is 0 Å². The van der Waals surface area contributed by atoms with Crippen LogP contribution in [0.1, 0.15) is 16.8 Å². The van der Waals surface area contributed by atoms with Crippen molar-refractivity contribution in [1.82, 2.24) is 10.6 Å². The summed E-state index contributed by atoms with van der Waals surface area (Å²) in [5, 5.41) is 5.47. The zero-order chi connectivity index (χ0) is 22.7. The van der Waals surface area contributed by atoms with Gasteiger partial charge in [0.05, 0.1) is 25.7 Å². The lowest BCUT2D eigenvalue weighted by Gasteiger charge is -2.21. The Labute approximate surface area is 183 Å². The second-order valence-electron chi connectivity index (χ2n) is 7.60. The molecule has 2 amide bonds. The lowest BCUT2D eigenvalue weighted by molar-refractivity contribution is -0.161. The third-order valence-corrected chi connectivity index (χ3v) is 5.28. The summed E-state index contributed by atoms with van der Waals surface area (Å²) in [4.78, 5) is 36.1. The van der Waals surface area contributed by atoms with E-state index in [0.29, 0.717) is 17.1 Å². The molecule has 3 unspecified atom stereocenters. The van der Waals surface area contributed by atoms with Crippen molar-refractivity contribution in [1.29, 1.82) is 0 Å². The maximum atomic E-state index is 13.0. The Morgan fingerprint density at radius 3 is 2.41 bits per heavy atom. The van der Waals surface area contributed by atoms with E-state index < -0.39 is 29.7 Å². The Kier molecular flexibility index (Phi) is 6.17. The van der Waals surface area contributed by atoms with Gasteiger partial charge < -0.3 is 30.6 Å². The van der Waals surface area contributed by atoms with Gasteiger partial charge in [0.25, 0.3) is 5.91 Å². The molecule has 0 radical (unpaired) electrons. The van der Waals surface area contributed by atoms with E-state index in [0.717, 1.165) is 0 Å². The molecule has 4 rings (SSSR count). The number of hydrogen-bond acceptors (Lipinski definition) is 7. The standard InChI is InChI=1S/C22H22FN3O6/c23-14-3-7-16(8-4-14)31-15-5-1-13(2-6-15)21(29)25-10-18(27)19-11-30-22(32-19)9-17(20(24)28)26-12-22/h1-8,17,19,26H,9-12H2,(H2,24,28)(H,25,29). The number of nitrogens with one attached hydrogen (secondary N) is 2. The summed E-state index contributed by atoms with van der Waals surface area (Å²) in [5.41, 5.74) is 5.63. The highest BCUT2D eigenvalue weighted by Crippen LogP contribution is 2.32. The van der Waals surface area contributed by atoms with Crippen LogP contribution in [0, 0.1) is 5.82 Å². The summed E-state index contributed by atoms with van der Waals surface area (Å²) in [6.07, 6.45) is -0.611. The number of nitrogens with two attached hydrogens (primary N) is 1. The van der Waals surface area contributed by atoms with Crippen LogP contribution in [0.5, 0.6) is 11.5 Å². The molecule has 2 aromatic rings. The highest BCUT2D eigenvalue weighted by molar-refractivity contribution is 5.97. The molecule has 10 heteroatoms. The smallest absolute Gasteiger partial charge is 0.251 e. The number of amides is 2. The molecule has 0 aromatic heterocycles. The first kappa shape index (κ1) is 21.9. The predicted octanol–water partition coefficient (Wildman–Crippen LogP) is 0.876. The molecule has 2 aliphatic rings. The normalized spacial score (nSPS) is 24.4. The molecule has 3 atom stereocenters. The van der Waals surface area contributed by atoms with Crippen molar-refractivity contribution in [2.45, 2.75) is 24.4 Å². The number of carbonyl (C=O) groups excluding carboxylic acids is 3. The molecule has 1 spiro atoms. The molecule has 2 aliphatic heterocycles. The molecule has 0 saturated carbocycles. The Hall–Kier alpha value is -3.34. The number of benzene rings is 2. The summed E-state index contributed by atoms with van der Waals surface area (Å²) in [7, 11) is 0. The summed E-state index contributed by atoms with van der Waals surface area (Å²) in [6, 6.07) is 11.3. The largest absolute Gasteiger partial charge is 0.457 e. The number of primary amides is 1. The molecule has 2 saturated heterocycles. The number of halogens is 1. The van der Waals surface area contributed by atoms with E-state index in [-0.39, 0.29) is 37.7 Å². The fourth-order valence-corrected chi connectivity index (χ4v) is 3.54. The highest BCUT2D eigenvalue weighted by atomic mass is 19.1. The van der Waals surface area contributed by atoms with Crippen molar-refractivity contribution < 1.29 is 33.0 Å². The quantitative estimate of drug-likeness (QED) is 0.579. The van der Waals surface area contributed by atoms with Gasteiger partial charge in [0.2, 0.25) is 5.91 Å². The SMILES string of the molecule is NC(=O)C1CC2(CN1)OCC(C(=O)CNC(=O)c1ccc(Oc3ccc(F)cc3)cc1)O2. The number of hydrogen-bond donors (Lipinski definition) is 3. The van der Waals surface area contributed by atoms with E-state index in [1.165, 1.54) is 24.3 Å². The van der Waals surface area contributed by atoms with E-state index in [2.05, 4.69) is 10.6 Å². The molecule has 2 aromatic carbocycles. The minimum Gasteiger partial charge on any atom is -0.457 e. The topological polar surface area (TPSA) is 129 Å². The van der Waals surface area contributed by atoms with Gasteiger partial charge in [-0.25, -0.2) is 4.39 Å². The van der Waals surface area contributed by atoms with Gasteiger partial charge >= 0.3 is 0 Å². The maximum Gasteiger partial charge on any atom is 0.251 e. The van der Waals surface area contributed by atoms with Gasteiger partial charge in [-0.15, -0.1) is 0 Å². The minimum atomic E-state index is -1.05. The third kappa shape index (κ3) is 4.93. The minimum absolute atomic E-state index is 0.0390. The second-order valence-corrected chi connectivity index (χ2v) is 7.60. The molecule has 4 N–H and O–H groups in total. The molecule has 0 bridgehead atoms. The monoisotopic (exact) mass is 443 g/mol. The first-order valence-electron chi connectivity index (χ1n) is 10.0. The molecular weight excluding hydrogens is 421 g/mol. The fourth-order valence-electron chi connectivity index (χ4n) is 3.54. The van der Waals surface area contributed by atoms with Crippen LogP contribution in [-0.4, -0.2) is 55.2 Å². The Morgan fingerprint density at radius 2 is 1.78 bits per heavy atom. The van der Waals surface area contributed by atoms with Crippen LogP contribution < -0.4 is 21.1 Å². The van der Waals surface area contributed by atoms with Crippen LogP contribution in [0.2, 0.25) is 0 Å². The molecule has 0 aliphatic carbocycles. The number of ketones is 1. The summed E-state index contributed by atoms with van der Waals surface area (Å²) < 4.78 is 29.9. The fraction of sp³-hybridized carbons (Fsp3) is 0.318. The molecule has 2 heterocycles. The first-order valence-corrected chi connectivity index (χ1v) is 10.0. The van der Waals surface area contributed by atoms with Crippen LogP contribution in [0.25, 0.3) is 0 Å². The van der Waals surface area contributed by atoms with Crippen LogP contribution in [0.15, 0.2) is 48.5 Å². The van der Waals surface area contributed by atoms with Crippen molar-refractivity contribution in [3.05, 3.63) is 59.9 Å². The van der Waals surface area contributed by atoms with E-state index in [9.17, 15) is 18.8 Å². The summed E-state index contributed by atoms with van der Waals surface area (Å²) >= 11 is 0. The molecule has 168 valence electrons. The zero-order valence-electron chi connectivity index (χ0n) is 17.0. The lowest BCUT2D eigenvalue weighted by atomic mass is 10.1. The highest BCUT2D eigenvalue weighted by Gasteiger charge is 2.50. The van der Waals surface area contributed by atoms with E-state index in [4.69, 9.17) is 19.9 Å². The summed E-state index contributed by atoms with van der Waals surface area (Å²) in [6.45, 7) is 0.0593. The van der Waals surface area contributed by atoms with Crippen molar-refractivity contribution in [2.24, 2.45) is 5.73 Å². The Morgan fingerprint density at radius 1 is 1.12 bits per heavy atom. The predicted molar refractivity (Wildman–Crippen MR) is 109 cm³/mol. The lowest BCUT2D eigenvalue weighted by Crippen LogP contribution is -2.39. The maximum absolute atomic E-state index is 13.0. The zero-order valence-corrected chi connectivity index (χ0v) is 17.0. The van der Waals surface area contributed by atoms with E-state index >= 15 is 0 Å². The van der Waals surface area contributed by atoms with Gasteiger partial charge in [0.1, 0.15) is 23.4 Å². The van der Waals surface area contributed by atoms with Gasteiger partial charge in [-0.2, -0.15) is 0 Å². The number of rotatable bonds is 7. The Balaban J connectivity index is 1.26. The molecule has 32 heavy (non-hydrogen) atoms. The van der Waals surface area contributed by atoms with Crippen molar-refractivity contribution in [3.8, 4) is 11.5 Å². The summed E-state index contributed by atoms with van der Waals surface area (Å²) in [5.74, 6) is -1.75. The van der Waals surface area contributed by atoms with Crippen LogP contribution in [0.3, 0.4) is 0 Å². The average Bonchev–Trinajstić information content (AvgIpc) is 3.41. The number of Topliss-reactive ketones (excluding diaryl/α,β-unsaturated/α-hetero) is 1. The number of carbonyl (C=O) groups is 3. The van der Waals surface area contributed by atoms with Gasteiger partial charge in [-0.3, -0.25) is 14.4 Å². The molecular formula is C22H22FN3O6. The average molecular weight is 443 g/mol. The van der Waals surface area contributed by atoms with Crippen molar-refractivity contribution >= 4 is 17.6 Å². The van der Waals surface area contributed by atoms with Crippen molar-refractivity contribution in [3.63, 3.8) is 0 Å². The van der Waals surface area contributed by atoms with Gasteiger partial charge in [0.15, 0.2) is 11.6 Å². The van der Waals surface area contributed by atoms with Gasteiger partial charge in [-0.05, 0) is 48.5 Å². The number of ether oxygens (including phenoxy) is 3.